The molecule has 2 N–H and O–H groups in total. The Balaban J connectivity index is 2.18. The summed E-state index contributed by atoms with van der Waals surface area (Å²) in [4.78, 5) is 1.26. The number of hydrogen-bond acceptors (Lipinski definition) is 2. The van der Waals surface area contributed by atoms with Gasteiger partial charge in [0.05, 0.1) is 0 Å². The molecule has 21 heavy (non-hydrogen) atoms. The third-order valence-corrected chi connectivity index (χ3v) is 5.46. The van der Waals surface area contributed by atoms with Crippen molar-refractivity contribution in [3.05, 3.63) is 64.1 Å². The van der Waals surface area contributed by atoms with Crippen LogP contribution in [0.5, 0.6) is 0 Å². The monoisotopic (exact) mass is 363 g/mol. The van der Waals surface area contributed by atoms with E-state index < -0.39 is 0 Å². The molecule has 2 aromatic rings. The fourth-order valence-corrected chi connectivity index (χ4v) is 3.94. The molecule has 1 atom stereocenters. The van der Waals surface area contributed by atoms with Crippen LogP contribution in [0, 0.1) is 0 Å². The summed E-state index contributed by atoms with van der Waals surface area (Å²) in [7, 11) is 0. The number of nitrogens with two attached hydrogens (primary N) is 1. The van der Waals surface area contributed by atoms with Gasteiger partial charge in [0, 0.05) is 21.2 Å². The lowest BCUT2D eigenvalue weighted by molar-refractivity contribution is 0.590. The van der Waals surface area contributed by atoms with E-state index in [2.05, 4.69) is 79.2 Å². The predicted octanol–water partition coefficient (Wildman–Crippen LogP) is 5.54. The molecule has 2 aromatic carbocycles. The van der Waals surface area contributed by atoms with Crippen LogP contribution in [0.3, 0.4) is 0 Å². The molecule has 1 nitrogen and oxygen atoms in total. The molecule has 0 aliphatic rings. The number of thioether (sulfide) groups is 1. The summed E-state index contributed by atoms with van der Waals surface area (Å²) >= 11 is 5.44. The van der Waals surface area contributed by atoms with Gasteiger partial charge in [0.1, 0.15) is 0 Å². The molecule has 0 aliphatic carbocycles. The first-order chi connectivity index (χ1) is 9.91. The average Bonchev–Trinajstić information content (AvgIpc) is 2.45. The SMILES string of the molecule is CC(C)(C)c1ccc(SC(CN)c2ccccc2Br)cc1. The van der Waals surface area contributed by atoms with E-state index in [1.807, 2.05) is 17.8 Å². The van der Waals surface area contributed by atoms with Crippen molar-refractivity contribution >= 4 is 27.7 Å². The minimum atomic E-state index is 0.193. The van der Waals surface area contributed by atoms with Crippen molar-refractivity contribution in [3.8, 4) is 0 Å². The summed E-state index contributed by atoms with van der Waals surface area (Å²) in [5.41, 5.74) is 8.79. The Kier molecular flexibility index (Phi) is 5.53. The van der Waals surface area contributed by atoms with Crippen LogP contribution in [0.2, 0.25) is 0 Å². The Bertz CT molecular complexity index is 587. The lowest BCUT2D eigenvalue weighted by Gasteiger charge is -2.20. The maximum Gasteiger partial charge on any atom is 0.0478 e. The molecule has 0 saturated heterocycles. The highest BCUT2D eigenvalue weighted by atomic mass is 79.9. The highest BCUT2D eigenvalue weighted by molar-refractivity contribution is 9.10. The zero-order chi connectivity index (χ0) is 15.5. The van der Waals surface area contributed by atoms with Crippen molar-refractivity contribution in [1.82, 2.24) is 0 Å². The van der Waals surface area contributed by atoms with Crippen molar-refractivity contribution < 1.29 is 0 Å². The van der Waals surface area contributed by atoms with Gasteiger partial charge < -0.3 is 5.73 Å². The zero-order valence-electron chi connectivity index (χ0n) is 12.8. The first kappa shape index (κ1) is 16.6. The lowest BCUT2D eigenvalue weighted by Crippen LogP contribution is -2.11. The molecule has 0 bridgehead atoms. The number of hydrogen-bond donors (Lipinski definition) is 1. The first-order valence-corrected chi connectivity index (χ1v) is 8.81. The van der Waals surface area contributed by atoms with Gasteiger partial charge >= 0.3 is 0 Å². The maximum absolute atomic E-state index is 5.98. The number of rotatable bonds is 4. The number of benzene rings is 2. The molecule has 112 valence electrons. The molecule has 0 heterocycles. The Hall–Kier alpha value is -0.770. The Morgan fingerprint density at radius 1 is 1.05 bits per heavy atom. The molecule has 0 fully saturated rings. The van der Waals surface area contributed by atoms with Gasteiger partial charge in [-0.1, -0.05) is 67.0 Å². The Morgan fingerprint density at radius 2 is 1.67 bits per heavy atom. The highest BCUT2D eigenvalue weighted by Gasteiger charge is 2.16. The quantitative estimate of drug-likeness (QED) is 0.721. The van der Waals surface area contributed by atoms with Gasteiger partial charge in [-0.05, 0) is 34.7 Å². The fourth-order valence-electron chi connectivity index (χ4n) is 2.17. The van der Waals surface area contributed by atoms with Gasteiger partial charge in [-0.2, -0.15) is 0 Å². The topological polar surface area (TPSA) is 26.0 Å². The maximum atomic E-state index is 5.98. The van der Waals surface area contributed by atoms with E-state index in [4.69, 9.17) is 5.73 Å². The van der Waals surface area contributed by atoms with Crippen LogP contribution in [0.15, 0.2) is 57.9 Å². The van der Waals surface area contributed by atoms with Crippen molar-refractivity contribution in [2.75, 3.05) is 6.54 Å². The van der Waals surface area contributed by atoms with Crippen LogP contribution in [0.25, 0.3) is 0 Å². The molecule has 0 aromatic heterocycles. The third-order valence-electron chi connectivity index (χ3n) is 3.46. The fraction of sp³-hybridized carbons (Fsp3) is 0.333. The van der Waals surface area contributed by atoms with Crippen molar-refractivity contribution in [3.63, 3.8) is 0 Å². The second-order valence-electron chi connectivity index (χ2n) is 6.14. The summed E-state index contributed by atoms with van der Waals surface area (Å²) < 4.78 is 1.12. The predicted molar refractivity (Wildman–Crippen MR) is 96.9 cm³/mol. The molecule has 0 spiro atoms. The van der Waals surface area contributed by atoms with Crippen LogP contribution in [0.1, 0.15) is 37.1 Å². The van der Waals surface area contributed by atoms with Crippen molar-refractivity contribution in [1.29, 1.82) is 0 Å². The summed E-state index contributed by atoms with van der Waals surface area (Å²) in [5, 5.41) is 0.265. The molecular weight excluding hydrogens is 342 g/mol. The molecule has 0 saturated carbocycles. The second-order valence-corrected chi connectivity index (χ2v) is 8.27. The molecule has 2 rings (SSSR count). The van der Waals surface area contributed by atoms with Crippen molar-refractivity contribution in [2.45, 2.75) is 36.3 Å². The number of halogens is 1. The lowest BCUT2D eigenvalue weighted by atomic mass is 9.87. The van der Waals surface area contributed by atoms with E-state index in [1.165, 1.54) is 16.0 Å². The first-order valence-electron chi connectivity index (χ1n) is 7.13. The molecule has 0 radical (unpaired) electrons. The van der Waals surface area contributed by atoms with Gasteiger partial charge in [-0.15, -0.1) is 11.8 Å². The Morgan fingerprint density at radius 3 is 2.19 bits per heavy atom. The summed E-state index contributed by atoms with van der Waals surface area (Å²) in [6.45, 7) is 7.32. The van der Waals surface area contributed by atoms with Gasteiger partial charge in [0.25, 0.3) is 0 Å². The normalized spacial score (nSPS) is 13.2. The van der Waals surface area contributed by atoms with E-state index in [0.29, 0.717) is 6.54 Å². The standard InChI is InChI=1S/C18H22BrNS/c1-18(2,3)13-8-10-14(11-9-13)21-17(12-20)15-6-4-5-7-16(15)19/h4-11,17H,12,20H2,1-3H3. The molecule has 1 unspecified atom stereocenters. The summed E-state index contributed by atoms with van der Waals surface area (Å²) in [5.74, 6) is 0. The zero-order valence-corrected chi connectivity index (χ0v) is 15.2. The van der Waals surface area contributed by atoms with Crippen LogP contribution in [-0.4, -0.2) is 6.54 Å². The van der Waals surface area contributed by atoms with Gasteiger partial charge in [0.2, 0.25) is 0 Å². The second kappa shape index (κ2) is 6.99. The van der Waals surface area contributed by atoms with E-state index in [-0.39, 0.29) is 10.7 Å². The minimum absolute atomic E-state index is 0.193. The van der Waals surface area contributed by atoms with E-state index in [0.717, 1.165) is 4.47 Å². The highest BCUT2D eigenvalue weighted by Crippen LogP contribution is 2.38. The molecule has 0 aliphatic heterocycles. The van der Waals surface area contributed by atoms with Crippen LogP contribution in [-0.2, 0) is 5.41 Å². The summed E-state index contributed by atoms with van der Waals surface area (Å²) in [6.07, 6.45) is 0. The smallest absolute Gasteiger partial charge is 0.0478 e. The molecule has 0 amide bonds. The summed E-state index contributed by atoms with van der Waals surface area (Å²) in [6, 6.07) is 17.1. The Labute approximate surface area is 140 Å². The van der Waals surface area contributed by atoms with Gasteiger partial charge in [-0.25, -0.2) is 0 Å². The van der Waals surface area contributed by atoms with E-state index in [1.54, 1.807) is 0 Å². The van der Waals surface area contributed by atoms with E-state index >= 15 is 0 Å². The molecular formula is C18H22BrNS. The van der Waals surface area contributed by atoms with E-state index in [9.17, 15) is 0 Å². The molecule has 3 heteroatoms. The van der Waals surface area contributed by atoms with Crippen LogP contribution < -0.4 is 5.73 Å². The van der Waals surface area contributed by atoms with Crippen LogP contribution in [0.4, 0.5) is 0 Å². The van der Waals surface area contributed by atoms with Crippen LogP contribution >= 0.6 is 27.7 Å². The third kappa shape index (κ3) is 4.35. The van der Waals surface area contributed by atoms with Gasteiger partial charge in [-0.3, -0.25) is 0 Å². The van der Waals surface area contributed by atoms with Gasteiger partial charge in [0.15, 0.2) is 0 Å². The van der Waals surface area contributed by atoms with Crippen molar-refractivity contribution in [2.24, 2.45) is 5.73 Å². The average molecular weight is 364 g/mol. The minimum Gasteiger partial charge on any atom is -0.329 e. The largest absolute Gasteiger partial charge is 0.329 e.